The lowest BCUT2D eigenvalue weighted by atomic mass is 10.1. The summed E-state index contributed by atoms with van der Waals surface area (Å²) in [5.41, 5.74) is 0.378. The summed E-state index contributed by atoms with van der Waals surface area (Å²) in [5, 5.41) is 2.67. The van der Waals surface area contributed by atoms with Gasteiger partial charge < -0.3 is 14.8 Å². The molecule has 0 bridgehead atoms. The van der Waals surface area contributed by atoms with Crippen LogP contribution < -0.4 is 19.5 Å². The number of hydrogen-bond donors (Lipinski definition) is 2. The lowest BCUT2D eigenvalue weighted by molar-refractivity contribution is 0.0941. The fourth-order valence-corrected chi connectivity index (χ4v) is 6.01. The number of hydrogen-bond acceptors (Lipinski definition) is 7. The maximum Gasteiger partial charge on any atom is 0.265 e. The molecule has 0 aromatic heterocycles. The molecule has 2 aromatic rings. The van der Waals surface area contributed by atoms with Crippen LogP contribution in [0.4, 0.5) is 5.69 Å². The normalized spacial score (nSPS) is 17.9. The minimum absolute atomic E-state index is 0.0418. The Morgan fingerprint density at radius 3 is 2.50 bits per heavy atom. The van der Waals surface area contributed by atoms with Gasteiger partial charge in [0.15, 0.2) is 9.84 Å². The highest BCUT2D eigenvalue weighted by molar-refractivity contribution is 7.92. The van der Waals surface area contributed by atoms with Gasteiger partial charge in [-0.1, -0.05) is 6.07 Å². The Hall–Kier alpha value is -2.79. The average molecular weight is 455 g/mol. The molecule has 1 aliphatic heterocycles. The smallest absolute Gasteiger partial charge is 0.265 e. The van der Waals surface area contributed by atoms with Crippen molar-refractivity contribution in [2.24, 2.45) is 0 Å². The van der Waals surface area contributed by atoms with Gasteiger partial charge in [0.25, 0.3) is 15.9 Å². The number of ether oxygens (including phenoxy) is 2. The molecule has 0 unspecified atom stereocenters. The van der Waals surface area contributed by atoms with Crippen LogP contribution in [0.15, 0.2) is 47.4 Å². The Labute approximate surface area is 175 Å². The highest BCUT2D eigenvalue weighted by atomic mass is 32.2. The molecule has 1 heterocycles. The predicted molar refractivity (Wildman–Crippen MR) is 111 cm³/mol. The summed E-state index contributed by atoms with van der Waals surface area (Å²) in [6.45, 7) is 0. The maximum atomic E-state index is 12.9. The second-order valence-corrected chi connectivity index (χ2v) is 10.7. The number of rotatable bonds is 7. The van der Waals surface area contributed by atoms with Crippen LogP contribution in [-0.4, -0.2) is 54.5 Å². The van der Waals surface area contributed by atoms with E-state index in [1.165, 1.54) is 50.6 Å². The fourth-order valence-electron chi connectivity index (χ4n) is 3.11. The van der Waals surface area contributed by atoms with Gasteiger partial charge in [-0.2, -0.15) is 0 Å². The van der Waals surface area contributed by atoms with Crippen molar-refractivity contribution in [2.45, 2.75) is 17.4 Å². The highest BCUT2D eigenvalue weighted by Crippen LogP contribution is 2.29. The van der Waals surface area contributed by atoms with Gasteiger partial charge in [-0.25, -0.2) is 16.8 Å². The van der Waals surface area contributed by atoms with E-state index in [2.05, 4.69) is 10.0 Å². The molecule has 9 nitrogen and oxygen atoms in total. The minimum atomic E-state index is -4.03. The van der Waals surface area contributed by atoms with Gasteiger partial charge in [-0.15, -0.1) is 0 Å². The molecular formula is C19H22N2O7S2. The molecule has 1 aliphatic rings. The van der Waals surface area contributed by atoms with E-state index in [-0.39, 0.29) is 33.4 Å². The molecule has 11 heteroatoms. The van der Waals surface area contributed by atoms with E-state index in [1.54, 1.807) is 6.07 Å². The van der Waals surface area contributed by atoms with Crippen molar-refractivity contribution in [1.29, 1.82) is 0 Å². The molecule has 0 spiro atoms. The van der Waals surface area contributed by atoms with Crippen molar-refractivity contribution in [3.05, 3.63) is 48.0 Å². The van der Waals surface area contributed by atoms with Crippen LogP contribution in [0.3, 0.4) is 0 Å². The Bertz CT molecular complexity index is 1160. The molecule has 0 radical (unpaired) electrons. The van der Waals surface area contributed by atoms with Crippen LogP contribution in [0.5, 0.6) is 11.5 Å². The van der Waals surface area contributed by atoms with Crippen LogP contribution in [0.2, 0.25) is 0 Å². The van der Waals surface area contributed by atoms with Crippen molar-refractivity contribution in [3.63, 3.8) is 0 Å². The monoisotopic (exact) mass is 454 g/mol. The summed E-state index contributed by atoms with van der Waals surface area (Å²) in [4.78, 5) is 12.3. The molecule has 1 amide bonds. The van der Waals surface area contributed by atoms with Crippen molar-refractivity contribution >= 4 is 31.5 Å². The largest absolute Gasteiger partial charge is 0.497 e. The van der Waals surface area contributed by atoms with Crippen molar-refractivity contribution in [3.8, 4) is 11.5 Å². The van der Waals surface area contributed by atoms with Gasteiger partial charge in [0.1, 0.15) is 16.4 Å². The molecule has 1 saturated heterocycles. The number of carbonyl (C=O) groups is 1. The standard InChI is InChI=1S/C19H22N2O7S2/c1-27-16-6-7-17(28-2)18(11-16)30(25,26)21-14-5-3-4-13(10-14)19(22)20-15-8-9-29(23,24)12-15/h3-7,10-11,15,21H,8-9,12H2,1-2H3,(H,20,22)/t15-/m0/s1. The van der Waals surface area contributed by atoms with Gasteiger partial charge in [0.05, 0.1) is 25.7 Å². The van der Waals surface area contributed by atoms with Crippen LogP contribution >= 0.6 is 0 Å². The quantitative estimate of drug-likeness (QED) is 0.648. The Balaban J connectivity index is 1.80. The number of carbonyl (C=O) groups excluding carboxylic acids is 1. The van der Waals surface area contributed by atoms with Gasteiger partial charge in [0.2, 0.25) is 0 Å². The van der Waals surface area contributed by atoms with E-state index in [4.69, 9.17) is 9.47 Å². The third-order valence-corrected chi connectivity index (χ3v) is 7.78. The van der Waals surface area contributed by atoms with E-state index >= 15 is 0 Å². The van der Waals surface area contributed by atoms with Crippen molar-refractivity contribution in [2.75, 3.05) is 30.4 Å². The molecule has 162 valence electrons. The summed E-state index contributed by atoms with van der Waals surface area (Å²) in [6.07, 6.45) is 0.357. The summed E-state index contributed by atoms with van der Waals surface area (Å²) in [6, 6.07) is 9.86. The topological polar surface area (TPSA) is 128 Å². The minimum Gasteiger partial charge on any atom is -0.497 e. The number of sulfonamides is 1. The number of amides is 1. The second-order valence-electron chi connectivity index (χ2n) is 6.78. The zero-order chi connectivity index (χ0) is 21.9. The summed E-state index contributed by atoms with van der Waals surface area (Å²) < 4.78 is 61.5. The number of sulfone groups is 1. The van der Waals surface area contributed by atoms with Crippen LogP contribution in [0.25, 0.3) is 0 Å². The first-order valence-electron chi connectivity index (χ1n) is 9.00. The van der Waals surface area contributed by atoms with E-state index in [0.29, 0.717) is 12.2 Å². The van der Waals surface area contributed by atoms with E-state index < -0.39 is 31.8 Å². The molecule has 0 aliphatic carbocycles. The number of methoxy groups -OCH3 is 2. The molecule has 1 fully saturated rings. The Kier molecular flexibility index (Phi) is 6.22. The fraction of sp³-hybridized carbons (Fsp3) is 0.316. The SMILES string of the molecule is COc1ccc(OC)c(S(=O)(=O)Nc2cccc(C(=O)N[C@H]3CCS(=O)(=O)C3)c2)c1. The van der Waals surface area contributed by atoms with Gasteiger partial charge in [-0.3, -0.25) is 9.52 Å². The van der Waals surface area contributed by atoms with Gasteiger partial charge >= 0.3 is 0 Å². The third kappa shape index (κ3) is 5.03. The average Bonchev–Trinajstić information content (AvgIpc) is 3.05. The zero-order valence-corrected chi connectivity index (χ0v) is 18.0. The van der Waals surface area contributed by atoms with E-state index in [0.717, 1.165) is 0 Å². The molecule has 2 aromatic carbocycles. The first-order valence-corrected chi connectivity index (χ1v) is 12.3. The first-order chi connectivity index (χ1) is 14.1. The molecule has 1 atom stereocenters. The van der Waals surface area contributed by atoms with Crippen molar-refractivity contribution < 1.29 is 31.1 Å². The lowest BCUT2D eigenvalue weighted by Crippen LogP contribution is -2.35. The molecule has 3 rings (SSSR count). The molecule has 0 saturated carbocycles. The Morgan fingerprint density at radius 2 is 1.87 bits per heavy atom. The van der Waals surface area contributed by atoms with E-state index in [9.17, 15) is 21.6 Å². The van der Waals surface area contributed by atoms with Crippen molar-refractivity contribution in [1.82, 2.24) is 5.32 Å². The number of benzene rings is 2. The zero-order valence-electron chi connectivity index (χ0n) is 16.4. The maximum absolute atomic E-state index is 12.9. The van der Waals surface area contributed by atoms with Crippen LogP contribution in [0.1, 0.15) is 16.8 Å². The van der Waals surface area contributed by atoms with Gasteiger partial charge in [0, 0.05) is 23.4 Å². The predicted octanol–water partition coefficient (Wildman–Crippen LogP) is 1.42. The molecule has 30 heavy (non-hydrogen) atoms. The second kappa shape index (κ2) is 8.52. The Morgan fingerprint density at radius 1 is 1.10 bits per heavy atom. The van der Waals surface area contributed by atoms with Crippen LogP contribution in [-0.2, 0) is 19.9 Å². The van der Waals surface area contributed by atoms with E-state index in [1.807, 2.05) is 0 Å². The van der Waals surface area contributed by atoms with Crippen LogP contribution in [0, 0.1) is 0 Å². The lowest BCUT2D eigenvalue weighted by Gasteiger charge is -2.14. The number of nitrogens with one attached hydrogen (secondary N) is 2. The third-order valence-electron chi connectivity index (χ3n) is 4.60. The molecule has 2 N–H and O–H groups in total. The highest BCUT2D eigenvalue weighted by Gasteiger charge is 2.29. The first kappa shape index (κ1) is 21.9. The van der Waals surface area contributed by atoms with Gasteiger partial charge in [-0.05, 0) is 36.8 Å². The summed E-state index contributed by atoms with van der Waals surface area (Å²) >= 11 is 0. The number of anilines is 1. The summed E-state index contributed by atoms with van der Waals surface area (Å²) in [7, 11) is -4.39. The molecular weight excluding hydrogens is 432 g/mol. The summed E-state index contributed by atoms with van der Waals surface area (Å²) in [5.74, 6) is -0.0477.